The molecule has 27 heavy (non-hydrogen) atoms. The Morgan fingerprint density at radius 2 is 1.85 bits per heavy atom. The molecule has 0 bridgehead atoms. The van der Waals surface area contributed by atoms with Crippen molar-refractivity contribution in [2.75, 3.05) is 24.7 Å². The highest BCUT2D eigenvalue weighted by molar-refractivity contribution is 8.16. The van der Waals surface area contributed by atoms with Gasteiger partial charge in [-0.2, -0.15) is 0 Å². The van der Waals surface area contributed by atoms with E-state index in [0.29, 0.717) is 16.7 Å². The predicted octanol–water partition coefficient (Wildman–Crippen LogP) is 2.74. The summed E-state index contributed by atoms with van der Waals surface area (Å²) >= 11 is 3.84. The number of hydrogen-bond acceptors (Lipinski definition) is 6. The highest BCUT2D eigenvalue weighted by Crippen LogP contribution is 2.43. The zero-order valence-electron chi connectivity index (χ0n) is 15.7. The van der Waals surface area contributed by atoms with Crippen LogP contribution in [0.5, 0.6) is 0 Å². The summed E-state index contributed by atoms with van der Waals surface area (Å²) < 4.78 is 5.46. The third-order valence-electron chi connectivity index (χ3n) is 3.90. The molecular weight excluding hydrogens is 384 g/mol. The lowest BCUT2D eigenvalue weighted by Gasteiger charge is -2.21. The predicted molar refractivity (Wildman–Crippen MR) is 110 cm³/mol. The van der Waals surface area contributed by atoms with Gasteiger partial charge in [0.1, 0.15) is 6.04 Å². The van der Waals surface area contributed by atoms with Crippen molar-refractivity contribution >= 4 is 41.3 Å². The van der Waals surface area contributed by atoms with Gasteiger partial charge in [0, 0.05) is 6.54 Å². The Bertz CT molecular complexity index is 646. The van der Waals surface area contributed by atoms with E-state index in [2.05, 4.69) is 10.6 Å². The fourth-order valence-corrected chi connectivity index (χ4v) is 5.32. The average Bonchev–Trinajstić information content (AvgIpc) is 2.70. The second-order valence-electron chi connectivity index (χ2n) is 6.21. The molecule has 1 aliphatic rings. The molecule has 0 saturated carbocycles. The number of carbonyl (C=O) groups is 3. The Kier molecular flexibility index (Phi) is 9.00. The molecule has 1 atom stereocenters. The molecule has 1 aromatic rings. The van der Waals surface area contributed by atoms with Gasteiger partial charge in [0.05, 0.1) is 10.1 Å². The van der Waals surface area contributed by atoms with Gasteiger partial charge in [0.25, 0.3) is 5.91 Å². The first kappa shape index (κ1) is 21.6. The van der Waals surface area contributed by atoms with Crippen LogP contribution in [0.25, 0.3) is 0 Å². The minimum Gasteiger partial charge on any atom is -0.452 e. The average molecular weight is 411 g/mol. The van der Waals surface area contributed by atoms with E-state index in [9.17, 15) is 14.4 Å². The summed E-state index contributed by atoms with van der Waals surface area (Å²) in [6.07, 6.45) is 2.05. The van der Waals surface area contributed by atoms with Crippen LogP contribution in [0.3, 0.4) is 0 Å². The molecule has 0 radical (unpaired) electrons. The lowest BCUT2D eigenvalue weighted by Crippen LogP contribution is -2.46. The number of rotatable bonds is 8. The number of thioether (sulfide) groups is 2. The molecule has 0 aromatic heterocycles. The van der Waals surface area contributed by atoms with Crippen LogP contribution in [0.1, 0.15) is 47.2 Å². The first-order valence-electron chi connectivity index (χ1n) is 9.08. The van der Waals surface area contributed by atoms with E-state index in [1.807, 2.05) is 42.6 Å². The van der Waals surface area contributed by atoms with Gasteiger partial charge in [-0.05, 0) is 49.0 Å². The molecule has 2 N–H and O–H groups in total. The van der Waals surface area contributed by atoms with Gasteiger partial charge in [-0.1, -0.05) is 19.1 Å². The topological polar surface area (TPSA) is 84.5 Å². The second kappa shape index (κ2) is 11.2. The standard InChI is InChI=1S/C19H26N2O4S2/c1-3-9-20-17(23)13(2)21-16(22)12-25-18(24)14-5-7-15(8-6-14)19-26-10-4-11-27-19/h5-8,13,19H,3-4,9-12H2,1-2H3,(H,20,23)(H,21,22)/t13-/m0/s1. The molecule has 1 saturated heterocycles. The van der Waals surface area contributed by atoms with Crippen LogP contribution in [-0.2, 0) is 14.3 Å². The Morgan fingerprint density at radius 3 is 2.48 bits per heavy atom. The number of carbonyl (C=O) groups excluding carboxylic acids is 3. The summed E-state index contributed by atoms with van der Waals surface area (Å²) in [6, 6.07) is 6.66. The Balaban J connectivity index is 1.77. The number of esters is 1. The zero-order valence-corrected chi connectivity index (χ0v) is 17.3. The quantitative estimate of drug-likeness (QED) is 0.641. The van der Waals surface area contributed by atoms with Crippen molar-refractivity contribution in [3.63, 3.8) is 0 Å². The van der Waals surface area contributed by atoms with E-state index in [1.165, 1.54) is 12.0 Å². The number of ether oxygens (including phenoxy) is 1. The molecule has 2 rings (SSSR count). The number of amides is 2. The Labute approximate surface area is 168 Å². The monoisotopic (exact) mass is 410 g/mol. The van der Waals surface area contributed by atoms with Crippen LogP contribution in [0.4, 0.5) is 0 Å². The highest BCUT2D eigenvalue weighted by Gasteiger charge is 2.18. The normalized spacial score (nSPS) is 15.6. The number of benzene rings is 1. The summed E-state index contributed by atoms with van der Waals surface area (Å²) in [4.78, 5) is 35.7. The van der Waals surface area contributed by atoms with Crippen LogP contribution in [0.15, 0.2) is 24.3 Å². The van der Waals surface area contributed by atoms with Crippen molar-refractivity contribution in [2.45, 2.75) is 37.3 Å². The van der Waals surface area contributed by atoms with Crippen molar-refractivity contribution in [3.05, 3.63) is 35.4 Å². The van der Waals surface area contributed by atoms with Gasteiger partial charge in [-0.3, -0.25) is 9.59 Å². The van der Waals surface area contributed by atoms with Crippen LogP contribution < -0.4 is 10.6 Å². The summed E-state index contributed by atoms with van der Waals surface area (Å²) in [6.45, 7) is 3.68. The molecule has 2 amide bonds. The van der Waals surface area contributed by atoms with Gasteiger partial charge in [-0.25, -0.2) is 4.79 Å². The largest absolute Gasteiger partial charge is 0.452 e. The Morgan fingerprint density at radius 1 is 1.19 bits per heavy atom. The summed E-state index contributed by atoms with van der Waals surface area (Å²) in [5.41, 5.74) is 1.59. The first-order valence-corrected chi connectivity index (χ1v) is 11.2. The molecule has 1 aliphatic heterocycles. The smallest absolute Gasteiger partial charge is 0.338 e. The van der Waals surface area contributed by atoms with E-state index in [1.54, 1.807) is 19.1 Å². The minimum absolute atomic E-state index is 0.259. The van der Waals surface area contributed by atoms with Gasteiger partial charge < -0.3 is 15.4 Å². The van der Waals surface area contributed by atoms with Crippen LogP contribution in [0, 0.1) is 0 Å². The van der Waals surface area contributed by atoms with Gasteiger partial charge in [0.15, 0.2) is 6.61 Å². The fourth-order valence-electron chi connectivity index (χ4n) is 2.42. The highest BCUT2D eigenvalue weighted by atomic mass is 32.2. The van der Waals surface area contributed by atoms with Gasteiger partial charge in [-0.15, -0.1) is 23.5 Å². The van der Waals surface area contributed by atoms with Crippen LogP contribution in [0.2, 0.25) is 0 Å². The number of hydrogen-bond donors (Lipinski definition) is 2. The summed E-state index contributed by atoms with van der Waals surface area (Å²) in [7, 11) is 0. The maximum Gasteiger partial charge on any atom is 0.338 e. The lowest BCUT2D eigenvalue weighted by atomic mass is 10.1. The minimum atomic E-state index is -0.674. The molecule has 0 spiro atoms. The number of nitrogens with one attached hydrogen (secondary N) is 2. The zero-order chi connectivity index (χ0) is 19.6. The van der Waals surface area contributed by atoms with E-state index >= 15 is 0 Å². The van der Waals surface area contributed by atoms with Crippen molar-refractivity contribution in [1.29, 1.82) is 0 Å². The van der Waals surface area contributed by atoms with E-state index < -0.39 is 24.5 Å². The summed E-state index contributed by atoms with van der Waals surface area (Å²) in [5.74, 6) is 1.00. The van der Waals surface area contributed by atoms with E-state index in [0.717, 1.165) is 17.9 Å². The van der Waals surface area contributed by atoms with Crippen LogP contribution in [-0.4, -0.2) is 48.5 Å². The molecular formula is C19H26N2O4S2. The van der Waals surface area contributed by atoms with Crippen molar-refractivity contribution in [1.82, 2.24) is 10.6 Å². The third-order valence-corrected chi connectivity index (χ3v) is 6.92. The van der Waals surface area contributed by atoms with Crippen molar-refractivity contribution in [2.24, 2.45) is 0 Å². The maximum atomic E-state index is 12.1. The molecule has 0 unspecified atom stereocenters. The van der Waals surface area contributed by atoms with Gasteiger partial charge in [0.2, 0.25) is 5.91 Å². The molecule has 6 nitrogen and oxygen atoms in total. The van der Waals surface area contributed by atoms with E-state index in [-0.39, 0.29) is 5.91 Å². The Hall–Kier alpha value is -1.67. The molecule has 1 fully saturated rings. The lowest BCUT2D eigenvalue weighted by molar-refractivity contribution is -0.130. The van der Waals surface area contributed by atoms with E-state index in [4.69, 9.17) is 4.74 Å². The third kappa shape index (κ3) is 7.10. The molecule has 1 heterocycles. The fraction of sp³-hybridized carbons (Fsp3) is 0.526. The molecule has 148 valence electrons. The van der Waals surface area contributed by atoms with Gasteiger partial charge >= 0.3 is 5.97 Å². The second-order valence-corrected chi connectivity index (χ2v) is 8.93. The van der Waals surface area contributed by atoms with Crippen molar-refractivity contribution < 1.29 is 19.1 Å². The molecule has 1 aromatic carbocycles. The van der Waals surface area contributed by atoms with Crippen molar-refractivity contribution in [3.8, 4) is 0 Å². The maximum absolute atomic E-state index is 12.1. The first-order chi connectivity index (χ1) is 13.0. The summed E-state index contributed by atoms with van der Waals surface area (Å²) in [5, 5.41) is 5.21. The van der Waals surface area contributed by atoms with Crippen LogP contribution >= 0.6 is 23.5 Å². The molecule has 8 heteroatoms. The molecule has 0 aliphatic carbocycles. The SMILES string of the molecule is CCCNC(=O)[C@H](C)NC(=O)COC(=O)c1ccc(C2SCCCS2)cc1.